The Balaban J connectivity index is 1.98. The number of hydrogen-bond acceptors (Lipinski definition) is 5. The lowest BCUT2D eigenvalue weighted by Gasteiger charge is -2.37. The Morgan fingerprint density at radius 1 is 1.24 bits per heavy atom. The third-order valence-electron chi connectivity index (χ3n) is 3.51. The summed E-state index contributed by atoms with van der Waals surface area (Å²) < 4.78 is 0. The van der Waals surface area contributed by atoms with Crippen molar-refractivity contribution in [3.05, 3.63) is 17.0 Å². The summed E-state index contributed by atoms with van der Waals surface area (Å²) in [5.74, 6) is 1.74. The zero-order valence-corrected chi connectivity index (χ0v) is 13.9. The molecule has 0 bridgehead atoms. The Hall–Kier alpha value is -0.910. The highest BCUT2D eigenvalue weighted by Crippen LogP contribution is 2.19. The minimum Gasteiger partial charge on any atom is -0.389 e. The number of piperazine rings is 1. The van der Waals surface area contributed by atoms with Gasteiger partial charge in [-0.2, -0.15) is 0 Å². The monoisotopic (exact) mass is 312 g/mol. The van der Waals surface area contributed by atoms with E-state index in [1.54, 1.807) is 0 Å². The van der Waals surface area contributed by atoms with E-state index in [2.05, 4.69) is 26.7 Å². The summed E-state index contributed by atoms with van der Waals surface area (Å²) in [5.41, 5.74) is -0.644. The van der Waals surface area contributed by atoms with Crippen molar-refractivity contribution in [1.82, 2.24) is 14.9 Å². The second kappa shape index (κ2) is 6.90. The Labute approximate surface area is 131 Å². The fourth-order valence-corrected chi connectivity index (χ4v) is 2.83. The number of aryl methyl sites for hydroxylation is 1. The first-order chi connectivity index (χ1) is 9.87. The van der Waals surface area contributed by atoms with Crippen LogP contribution in [0.1, 0.15) is 33.0 Å². The van der Waals surface area contributed by atoms with Gasteiger partial charge in [0.15, 0.2) is 0 Å². The second-order valence-electron chi connectivity index (χ2n) is 6.29. The Morgan fingerprint density at radius 3 is 2.48 bits per heavy atom. The highest BCUT2D eigenvalue weighted by Gasteiger charge is 2.23. The number of rotatable bonds is 5. The molecule has 1 fully saturated rings. The molecule has 0 radical (unpaired) electrons. The van der Waals surface area contributed by atoms with E-state index in [0.29, 0.717) is 11.7 Å². The fraction of sp³-hybridized carbons (Fsp3) is 0.733. The van der Waals surface area contributed by atoms with E-state index in [-0.39, 0.29) is 0 Å². The van der Waals surface area contributed by atoms with Gasteiger partial charge in [-0.1, -0.05) is 18.5 Å². The van der Waals surface area contributed by atoms with Gasteiger partial charge >= 0.3 is 0 Å². The van der Waals surface area contributed by atoms with Crippen LogP contribution in [0.4, 0.5) is 5.82 Å². The summed E-state index contributed by atoms with van der Waals surface area (Å²) in [6.07, 6.45) is 1.87. The van der Waals surface area contributed by atoms with Crippen LogP contribution in [0.15, 0.2) is 6.07 Å². The molecule has 5 nitrogen and oxygen atoms in total. The summed E-state index contributed by atoms with van der Waals surface area (Å²) in [5, 5.41) is 10.4. The van der Waals surface area contributed by atoms with Crippen molar-refractivity contribution in [2.75, 3.05) is 37.6 Å². The smallest absolute Gasteiger partial charge is 0.134 e. The van der Waals surface area contributed by atoms with Crippen LogP contribution in [0, 0.1) is 0 Å². The predicted molar refractivity (Wildman–Crippen MR) is 86.0 cm³/mol. The van der Waals surface area contributed by atoms with Crippen LogP contribution in [0.25, 0.3) is 0 Å². The first-order valence-corrected chi connectivity index (χ1v) is 7.98. The summed E-state index contributed by atoms with van der Waals surface area (Å²) in [4.78, 5) is 13.4. The van der Waals surface area contributed by atoms with Crippen molar-refractivity contribution in [2.45, 2.75) is 39.2 Å². The number of halogens is 1. The number of nitrogens with zero attached hydrogens (tertiary/aromatic N) is 4. The molecule has 1 saturated heterocycles. The lowest BCUT2D eigenvalue weighted by atomic mass is 10.1. The van der Waals surface area contributed by atoms with E-state index in [1.165, 1.54) is 0 Å². The Bertz CT molecular complexity index is 467. The van der Waals surface area contributed by atoms with Gasteiger partial charge in [-0.3, -0.25) is 4.90 Å². The van der Waals surface area contributed by atoms with Crippen molar-refractivity contribution < 1.29 is 5.11 Å². The van der Waals surface area contributed by atoms with Gasteiger partial charge in [-0.25, -0.2) is 9.97 Å². The summed E-state index contributed by atoms with van der Waals surface area (Å²) in [6.45, 7) is 10.2. The molecule has 0 amide bonds. The van der Waals surface area contributed by atoms with Gasteiger partial charge < -0.3 is 10.0 Å². The van der Waals surface area contributed by atoms with Gasteiger partial charge in [-0.05, 0) is 20.3 Å². The van der Waals surface area contributed by atoms with Crippen LogP contribution in [0.2, 0.25) is 5.15 Å². The fourth-order valence-electron chi connectivity index (χ4n) is 2.63. The lowest BCUT2D eigenvalue weighted by Crippen LogP contribution is -2.50. The van der Waals surface area contributed by atoms with Gasteiger partial charge in [-0.15, -0.1) is 0 Å². The molecule has 0 saturated carbocycles. The van der Waals surface area contributed by atoms with Crippen LogP contribution in [-0.2, 0) is 6.42 Å². The van der Waals surface area contributed by atoms with Crippen molar-refractivity contribution >= 4 is 17.4 Å². The molecule has 0 aliphatic carbocycles. The quantitative estimate of drug-likeness (QED) is 0.843. The minimum absolute atomic E-state index is 0.516. The van der Waals surface area contributed by atoms with Gasteiger partial charge in [0.25, 0.3) is 0 Å². The molecule has 2 heterocycles. The van der Waals surface area contributed by atoms with E-state index in [4.69, 9.17) is 11.6 Å². The molecular weight excluding hydrogens is 288 g/mol. The number of anilines is 1. The zero-order chi connectivity index (χ0) is 15.5. The van der Waals surface area contributed by atoms with Crippen LogP contribution >= 0.6 is 11.6 Å². The average Bonchev–Trinajstić information content (AvgIpc) is 2.37. The molecule has 1 aromatic heterocycles. The highest BCUT2D eigenvalue weighted by atomic mass is 35.5. The molecule has 2 rings (SSSR count). The largest absolute Gasteiger partial charge is 0.389 e. The Morgan fingerprint density at radius 2 is 1.90 bits per heavy atom. The third-order valence-corrected chi connectivity index (χ3v) is 3.70. The maximum atomic E-state index is 9.89. The molecule has 1 aromatic rings. The molecule has 0 atom stereocenters. The topological polar surface area (TPSA) is 52.5 Å². The lowest BCUT2D eigenvalue weighted by molar-refractivity contribution is 0.0344. The molecule has 0 unspecified atom stereocenters. The van der Waals surface area contributed by atoms with Crippen molar-refractivity contribution in [3.8, 4) is 0 Å². The van der Waals surface area contributed by atoms with Gasteiger partial charge in [0.1, 0.15) is 16.8 Å². The van der Waals surface area contributed by atoms with Crippen LogP contribution in [0.5, 0.6) is 0 Å². The normalized spacial score (nSPS) is 17.3. The Kier molecular flexibility index (Phi) is 5.41. The molecule has 6 heteroatoms. The maximum absolute atomic E-state index is 9.89. The molecule has 0 spiro atoms. The zero-order valence-electron chi connectivity index (χ0n) is 13.1. The van der Waals surface area contributed by atoms with Gasteiger partial charge in [0.05, 0.1) is 5.60 Å². The summed E-state index contributed by atoms with van der Waals surface area (Å²) >= 11 is 6.10. The standard InChI is InChI=1S/C15H25ClN4O/c1-4-5-13-17-12(16)10-14(18-13)20-8-6-19(7-9-20)11-15(2,3)21/h10,21H,4-9,11H2,1-3H3. The minimum atomic E-state index is -0.644. The van der Waals surface area contributed by atoms with E-state index >= 15 is 0 Å². The maximum Gasteiger partial charge on any atom is 0.134 e. The number of aliphatic hydroxyl groups is 1. The third kappa shape index (κ3) is 5.09. The first kappa shape index (κ1) is 16.5. The number of aromatic nitrogens is 2. The van der Waals surface area contributed by atoms with E-state index < -0.39 is 5.60 Å². The summed E-state index contributed by atoms with van der Waals surface area (Å²) in [7, 11) is 0. The van der Waals surface area contributed by atoms with E-state index in [1.807, 2.05) is 19.9 Å². The average molecular weight is 313 g/mol. The first-order valence-electron chi connectivity index (χ1n) is 7.60. The number of hydrogen-bond donors (Lipinski definition) is 1. The van der Waals surface area contributed by atoms with Crippen molar-refractivity contribution in [2.24, 2.45) is 0 Å². The molecule has 21 heavy (non-hydrogen) atoms. The van der Waals surface area contributed by atoms with Crippen LogP contribution < -0.4 is 4.90 Å². The molecule has 1 aliphatic heterocycles. The molecule has 1 N–H and O–H groups in total. The molecule has 118 valence electrons. The number of β-amino-alcohol motifs (C(OH)–C–C–N with tert-alkyl or cyclic N) is 1. The molecular formula is C15H25ClN4O. The van der Waals surface area contributed by atoms with Crippen molar-refractivity contribution in [3.63, 3.8) is 0 Å². The predicted octanol–water partition coefficient (Wildman–Crippen LogP) is 1.98. The second-order valence-corrected chi connectivity index (χ2v) is 6.68. The summed E-state index contributed by atoms with van der Waals surface area (Å²) in [6, 6.07) is 1.84. The van der Waals surface area contributed by atoms with Crippen molar-refractivity contribution in [1.29, 1.82) is 0 Å². The van der Waals surface area contributed by atoms with Gasteiger partial charge in [0.2, 0.25) is 0 Å². The van der Waals surface area contributed by atoms with E-state index in [0.717, 1.165) is 50.7 Å². The highest BCUT2D eigenvalue weighted by molar-refractivity contribution is 6.29. The molecule has 0 aromatic carbocycles. The van der Waals surface area contributed by atoms with Crippen LogP contribution in [0.3, 0.4) is 0 Å². The SMILES string of the molecule is CCCc1nc(Cl)cc(N2CCN(CC(C)(C)O)CC2)n1. The molecule has 1 aliphatic rings. The van der Waals surface area contributed by atoms with Gasteiger partial charge in [0, 0.05) is 45.2 Å². The van der Waals surface area contributed by atoms with Crippen LogP contribution in [-0.4, -0.2) is 58.3 Å². The van der Waals surface area contributed by atoms with E-state index in [9.17, 15) is 5.11 Å².